The average Bonchev–Trinajstić information content (AvgIpc) is 0.806. The van der Waals surface area contributed by atoms with E-state index in [4.69, 9.17) is 42.6 Å². The third-order valence-electron chi connectivity index (χ3n) is 27.4. The summed E-state index contributed by atoms with van der Waals surface area (Å²) in [6, 6.07) is 10.1. The fourth-order valence-corrected chi connectivity index (χ4v) is 19.6. The molecule has 6 fully saturated rings. The highest BCUT2D eigenvalue weighted by molar-refractivity contribution is 14.1. The number of nitrogens with one attached hydrogen (secondary N) is 1. The fraction of sp³-hybridized carbons (Fsp3) is 0.856. The molecule has 0 radical (unpaired) electrons. The molecule has 6 aliphatic rings. The number of ether oxygens (including phenoxy) is 9. The Kier molecular flexibility index (Phi) is 47.1. The number of benzene rings is 1. The molecule has 0 spiro atoms. The summed E-state index contributed by atoms with van der Waals surface area (Å²) < 4.78 is 87.0. The molecule has 0 saturated carbocycles. The molecule has 7 rings (SSSR count). The number of alkyl halides is 9. The van der Waals surface area contributed by atoms with Gasteiger partial charge < -0.3 is 47.9 Å². The molecule has 6 saturated heterocycles. The van der Waals surface area contributed by atoms with Crippen molar-refractivity contribution >= 4 is 183 Å². The summed E-state index contributed by atoms with van der Waals surface area (Å²) in [5.74, 6) is -5.18. The molecule has 1 aromatic rings. The van der Waals surface area contributed by atoms with Gasteiger partial charge in [-0.2, -0.15) is 13.2 Å². The number of amides is 1. The molecule has 1 N–H and O–H groups in total. The van der Waals surface area contributed by atoms with Crippen molar-refractivity contribution in [2.24, 2.45) is 5.92 Å². The maximum absolute atomic E-state index is 12.9. The first kappa shape index (κ1) is 125. The Labute approximate surface area is 863 Å². The molecule has 6 heterocycles. The van der Waals surface area contributed by atoms with Crippen molar-refractivity contribution in [3.05, 3.63) is 35.9 Å². The number of rotatable bonds is 24. The first-order valence-electron chi connectivity index (χ1n) is 45.5. The first-order valence-corrected chi connectivity index (χ1v) is 52.7. The van der Waals surface area contributed by atoms with Gasteiger partial charge in [-0.05, 0) is 308 Å². The summed E-state index contributed by atoms with van der Waals surface area (Å²) in [5.41, 5.74) is 1.33. The lowest BCUT2D eigenvalue weighted by atomic mass is 9.77. The van der Waals surface area contributed by atoms with Crippen molar-refractivity contribution in [3.8, 4) is 0 Å². The van der Waals surface area contributed by atoms with Crippen molar-refractivity contribution in [3.63, 3.8) is 0 Å². The number of carbonyl (C=O) groups excluding carboxylic acids is 8. The number of halogens is 9. The smallest absolute Gasteiger partial charge is 0.401 e. The van der Waals surface area contributed by atoms with E-state index in [1.165, 1.54) is 6.92 Å². The highest BCUT2D eigenvalue weighted by atomic mass is 127. The van der Waals surface area contributed by atoms with Gasteiger partial charge in [0.15, 0.2) is 12.2 Å². The van der Waals surface area contributed by atoms with E-state index in [-0.39, 0.29) is 161 Å². The highest BCUT2D eigenvalue weighted by Gasteiger charge is 2.52. The SMILES string of the molecule is CC(=O)OC(COC(=O)C(C)(C)I)COC1CC(C)(C)N(C)C(C)(C)C1.CC(C(=O)OC(COC(=O)C(C)(C)I)COC1CC(C)(C)N(C)C(C)(C)C1)C(F)(F)F.CC(I)C(=O)OC1CC(C)(C)N(C)C(C)(C)C1.CN1C(C)(C)CC(NC(=O)CI)CC1(C)C.CN1C(C)(C)CC(OC(=O)C(C)(C)I)CC1(C)C.CN1C(C)(C)CC(OC(=O)C(I)c2ccccc2)CC1(C)C. The minimum Gasteiger partial charge on any atom is -0.461 e. The number of nitrogens with zero attached hydrogens (tertiary/aromatic N) is 6. The lowest BCUT2D eigenvalue weighted by Gasteiger charge is -2.53. The van der Waals surface area contributed by atoms with E-state index in [0.717, 1.165) is 76.7 Å². The summed E-state index contributed by atoms with van der Waals surface area (Å²) in [5, 5.41) is 3.13. The fourth-order valence-electron chi connectivity index (χ4n) is 18.2. The van der Waals surface area contributed by atoms with Crippen LogP contribution in [-0.2, 0) is 81.0 Å². The van der Waals surface area contributed by atoms with Crippen LogP contribution in [0.15, 0.2) is 30.3 Å². The van der Waals surface area contributed by atoms with Crippen LogP contribution in [0, 0.1) is 5.92 Å². The lowest BCUT2D eigenvalue weighted by molar-refractivity contribution is -0.203. The van der Waals surface area contributed by atoms with E-state index < -0.39 is 52.5 Å². The van der Waals surface area contributed by atoms with Gasteiger partial charge >= 0.3 is 48.0 Å². The Bertz CT molecular complexity index is 3720. The molecule has 0 aromatic heterocycles. The molecule has 1 amide bonds. The lowest BCUT2D eigenvalue weighted by Crippen LogP contribution is -2.62. The molecule has 0 aliphatic carbocycles. The number of likely N-dealkylation sites (tertiary alicyclic amines) is 6. The minimum absolute atomic E-state index is 0.00422. The van der Waals surface area contributed by atoms with Gasteiger partial charge in [0.2, 0.25) is 5.91 Å². The Hall–Kier alpha value is -1.17. The topological polar surface area (TPSA) is 251 Å². The number of carbonyl (C=O) groups is 8. The number of piperidine rings is 6. The maximum atomic E-state index is 12.9. The number of esters is 7. The van der Waals surface area contributed by atoms with Crippen LogP contribution in [-0.4, -0.2) is 286 Å². The van der Waals surface area contributed by atoms with Gasteiger partial charge in [-0.15, -0.1) is 0 Å². The second-order valence-corrected chi connectivity index (χ2v) is 57.5. The molecule has 5 unspecified atom stereocenters. The van der Waals surface area contributed by atoms with E-state index >= 15 is 0 Å². The van der Waals surface area contributed by atoms with Crippen LogP contribution in [0.3, 0.4) is 0 Å². The molecule has 33 heteroatoms. The number of hydrogen-bond acceptors (Lipinski definition) is 23. The van der Waals surface area contributed by atoms with Crippen LogP contribution >= 0.6 is 136 Å². The van der Waals surface area contributed by atoms with E-state index in [1.54, 1.807) is 27.7 Å². The standard InChI is InChI=1S/C21H35F3INO5.C19H34INO5.C18H26INO2.C14H26INO2.C13H24INO2.C12H23IN2O/c1-13(21(22,23)24)16(27)31-15(12-30-17(28)20(6,7)25)11-29-14-9-18(2,3)26(8)19(4,5)10-14;1-13(22)26-15(12-25-16(23)19(6,7)20)11-24-14-9-17(2,3)21(8)18(4,5)10-14;1-17(2)11-14(12-18(3,4)20(17)5)22-16(21)15(19)13-9-7-6-8-10-13;1-12(2)8-10(9-13(3,4)16(12)7)18-11(17)14(5,6)15;1-9(14)11(16)17-10-7-12(2,3)15(6)13(4,5)8-10;1-11(2)6-9(14-10(16)8-13)7-12(3,4)15(11)5/h13-15H,9-12H2,1-8H3;14-15H,9-12H2,1-8H3;6-10,14-15H,11-12H2,1-5H3;10H,8-9H2,1-7H3;9-10H,7-8H2,1-6H3;9H,6-8H2,1-5H3,(H,14,16). The normalized spacial score (nSPS) is 23.5. The summed E-state index contributed by atoms with van der Waals surface area (Å²) in [6.07, 6.45) is 4.05. The van der Waals surface area contributed by atoms with Gasteiger partial charge in [0.1, 0.15) is 55.6 Å². The summed E-state index contributed by atoms with van der Waals surface area (Å²) in [6.45, 7) is 67.0. The zero-order chi connectivity index (χ0) is 102. The van der Waals surface area contributed by atoms with Crippen LogP contribution in [0.1, 0.15) is 315 Å². The molecule has 24 nitrogen and oxygen atoms in total. The van der Waals surface area contributed by atoms with Gasteiger partial charge in [-0.25, -0.2) is 0 Å². The Morgan fingerprint density at radius 3 is 0.915 bits per heavy atom. The molecular weight excluding hydrogens is 2350 g/mol. The summed E-state index contributed by atoms with van der Waals surface area (Å²) >= 11 is 12.4. The van der Waals surface area contributed by atoms with Crippen LogP contribution in [0.25, 0.3) is 0 Å². The predicted octanol–water partition coefficient (Wildman–Crippen LogP) is 20.8. The van der Waals surface area contributed by atoms with Crippen LogP contribution in [0.5, 0.6) is 0 Å². The largest absolute Gasteiger partial charge is 0.461 e. The second kappa shape index (κ2) is 49.0. The molecule has 0 bridgehead atoms. The third kappa shape index (κ3) is 39.7. The maximum Gasteiger partial charge on any atom is 0.401 e. The van der Waals surface area contributed by atoms with E-state index in [1.807, 2.05) is 103 Å². The molecule has 756 valence electrons. The van der Waals surface area contributed by atoms with Crippen LogP contribution in [0.4, 0.5) is 13.2 Å². The third-order valence-corrected chi connectivity index (χ3v) is 31.1. The Balaban J connectivity index is 0.000000536. The molecular formula is C97H168F3I6N7O17. The van der Waals surface area contributed by atoms with Crippen molar-refractivity contribution in [2.75, 3.05) is 73.1 Å². The highest BCUT2D eigenvalue weighted by Crippen LogP contribution is 2.45. The van der Waals surface area contributed by atoms with Crippen molar-refractivity contribution < 1.29 is 94.2 Å². The van der Waals surface area contributed by atoms with Crippen molar-refractivity contribution in [1.29, 1.82) is 0 Å². The minimum atomic E-state index is -4.72. The zero-order valence-electron chi connectivity index (χ0n) is 86.3. The monoisotopic (exact) mass is 2520 g/mol. The molecule has 5 atom stereocenters. The van der Waals surface area contributed by atoms with Gasteiger partial charge in [0, 0.05) is 118 Å². The van der Waals surface area contributed by atoms with Gasteiger partial charge in [0.05, 0.1) is 29.8 Å². The molecule has 130 heavy (non-hydrogen) atoms. The second-order valence-electron chi connectivity index (χ2n) is 45.6. The van der Waals surface area contributed by atoms with E-state index in [0.29, 0.717) is 23.3 Å². The van der Waals surface area contributed by atoms with Crippen LogP contribution < -0.4 is 5.32 Å². The van der Waals surface area contributed by atoms with E-state index in [9.17, 15) is 51.5 Å². The van der Waals surface area contributed by atoms with Crippen molar-refractivity contribution in [1.82, 2.24) is 34.7 Å². The zero-order valence-corrected chi connectivity index (χ0v) is 99.2. The average molecular weight is 2520 g/mol. The van der Waals surface area contributed by atoms with E-state index in [2.05, 4.69) is 326 Å². The Morgan fingerprint density at radius 2 is 0.654 bits per heavy atom. The molecule has 6 aliphatic heterocycles. The van der Waals surface area contributed by atoms with Gasteiger partial charge in [-0.3, -0.25) is 67.8 Å². The van der Waals surface area contributed by atoms with Gasteiger partial charge in [0.25, 0.3) is 0 Å². The summed E-state index contributed by atoms with van der Waals surface area (Å²) in [7, 11) is 12.8. The first-order chi connectivity index (χ1) is 58.2. The molecule has 1 aromatic carbocycles. The quantitative estimate of drug-likeness (QED) is 0.0437. The number of hydrogen-bond donors (Lipinski definition) is 1. The van der Waals surface area contributed by atoms with Crippen molar-refractivity contribution in [2.45, 2.75) is 445 Å². The Morgan fingerprint density at radius 1 is 0.392 bits per heavy atom. The predicted molar refractivity (Wildman–Crippen MR) is 564 cm³/mol. The summed E-state index contributed by atoms with van der Waals surface area (Å²) in [4.78, 5) is 109. The van der Waals surface area contributed by atoms with Gasteiger partial charge in [-0.1, -0.05) is 166 Å². The van der Waals surface area contributed by atoms with Crippen LogP contribution in [0.2, 0.25) is 0 Å².